The molecule has 1 atom stereocenters. The van der Waals surface area contributed by atoms with Crippen molar-refractivity contribution in [1.82, 2.24) is 20.2 Å². The maximum absolute atomic E-state index is 14.1. The van der Waals surface area contributed by atoms with Crippen LogP contribution in [0.4, 0.5) is 4.39 Å². The number of carboxylic acids is 1. The van der Waals surface area contributed by atoms with Crippen LogP contribution in [0.15, 0.2) is 18.2 Å². The highest BCUT2D eigenvalue weighted by Crippen LogP contribution is 2.26. The molecular weight excluding hydrogens is 275 g/mol. The Morgan fingerprint density at radius 3 is 2.86 bits per heavy atom. The first-order valence-electron chi connectivity index (χ1n) is 6.79. The zero-order valence-corrected chi connectivity index (χ0v) is 12.0. The monoisotopic (exact) mass is 292 g/mol. The number of halogens is 1. The van der Waals surface area contributed by atoms with Crippen LogP contribution in [0.1, 0.15) is 37.8 Å². The number of rotatable bonds is 6. The standard InChI is InChI=1S/C14H17FN4O2/c1-3-4-10(8-13(20)21)19-14(16-17-18-19)11-6-5-9(2)7-12(11)15/h5-7,10H,3-4,8H2,1-2H3,(H,20,21). The van der Waals surface area contributed by atoms with Gasteiger partial charge in [0.2, 0.25) is 0 Å². The van der Waals surface area contributed by atoms with Crippen LogP contribution in [0.5, 0.6) is 0 Å². The first-order valence-corrected chi connectivity index (χ1v) is 6.79. The number of aromatic nitrogens is 4. The highest BCUT2D eigenvalue weighted by Gasteiger charge is 2.22. The summed E-state index contributed by atoms with van der Waals surface area (Å²) in [5, 5.41) is 20.3. The van der Waals surface area contributed by atoms with E-state index in [1.165, 1.54) is 10.7 Å². The number of nitrogens with zero attached hydrogens (tertiary/aromatic N) is 4. The van der Waals surface area contributed by atoms with Gasteiger partial charge in [0.05, 0.1) is 18.0 Å². The minimum absolute atomic E-state index is 0.0979. The van der Waals surface area contributed by atoms with E-state index in [-0.39, 0.29) is 17.8 Å². The fourth-order valence-corrected chi connectivity index (χ4v) is 2.26. The van der Waals surface area contributed by atoms with Crippen molar-refractivity contribution < 1.29 is 14.3 Å². The molecule has 2 aromatic rings. The number of aliphatic carboxylic acids is 1. The second kappa shape index (κ2) is 6.43. The van der Waals surface area contributed by atoms with Gasteiger partial charge in [0, 0.05) is 0 Å². The average Bonchev–Trinajstić information content (AvgIpc) is 2.86. The van der Waals surface area contributed by atoms with E-state index in [0.717, 1.165) is 12.0 Å². The molecule has 0 fully saturated rings. The molecule has 2 rings (SSSR count). The van der Waals surface area contributed by atoms with Crippen LogP contribution in [-0.4, -0.2) is 31.3 Å². The molecule has 0 radical (unpaired) electrons. The first-order chi connectivity index (χ1) is 10.0. The number of carbonyl (C=O) groups is 1. The Labute approximate surface area is 121 Å². The van der Waals surface area contributed by atoms with Crippen molar-refractivity contribution in [3.05, 3.63) is 29.6 Å². The van der Waals surface area contributed by atoms with E-state index in [9.17, 15) is 9.18 Å². The molecule has 1 aromatic carbocycles. The highest BCUT2D eigenvalue weighted by molar-refractivity contribution is 5.67. The average molecular weight is 292 g/mol. The fraction of sp³-hybridized carbons (Fsp3) is 0.429. The van der Waals surface area contributed by atoms with Crippen molar-refractivity contribution >= 4 is 5.97 Å². The Morgan fingerprint density at radius 1 is 1.48 bits per heavy atom. The third-order valence-corrected chi connectivity index (χ3v) is 3.24. The molecule has 0 bridgehead atoms. The minimum Gasteiger partial charge on any atom is -0.481 e. The molecule has 0 saturated heterocycles. The minimum atomic E-state index is -0.931. The van der Waals surface area contributed by atoms with Gasteiger partial charge in [0.1, 0.15) is 5.82 Å². The van der Waals surface area contributed by atoms with Gasteiger partial charge in [-0.15, -0.1) is 5.10 Å². The van der Waals surface area contributed by atoms with Gasteiger partial charge in [-0.25, -0.2) is 9.07 Å². The summed E-state index contributed by atoms with van der Waals surface area (Å²) in [6.45, 7) is 3.74. The van der Waals surface area contributed by atoms with Gasteiger partial charge < -0.3 is 5.11 Å². The zero-order valence-electron chi connectivity index (χ0n) is 12.0. The number of carboxylic acid groups (broad SMARTS) is 1. The van der Waals surface area contributed by atoms with E-state index in [0.29, 0.717) is 6.42 Å². The number of aryl methyl sites for hydroxylation is 1. The number of hydrogen-bond acceptors (Lipinski definition) is 4. The molecule has 0 amide bonds. The molecule has 1 heterocycles. The zero-order chi connectivity index (χ0) is 15.4. The molecule has 1 aromatic heterocycles. The largest absolute Gasteiger partial charge is 0.481 e. The summed E-state index contributed by atoms with van der Waals surface area (Å²) in [7, 11) is 0. The topological polar surface area (TPSA) is 80.9 Å². The normalized spacial score (nSPS) is 12.3. The maximum Gasteiger partial charge on any atom is 0.305 e. The molecule has 0 aliphatic heterocycles. The molecule has 0 saturated carbocycles. The van der Waals surface area contributed by atoms with Crippen molar-refractivity contribution in [2.45, 2.75) is 39.2 Å². The van der Waals surface area contributed by atoms with Gasteiger partial charge in [-0.1, -0.05) is 19.4 Å². The molecular formula is C14H17FN4O2. The van der Waals surface area contributed by atoms with Crippen LogP contribution >= 0.6 is 0 Å². The lowest BCUT2D eigenvalue weighted by molar-refractivity contribution is -0.138. The van der Waals surface area contributed by atoms with Crippen LogP contribution in [0.2, 0.25) is 0 Å². The summed E-state index contributed by atoms with van der Waals surface area (Å²) < 4.78 is 15.5. The Hall–Kier alpha value is -2.31. The smallest absolute Gasteiger partial charge is 0.305 e. The lowest BCUT2D eigenvalue weighted by atomic mass is 10.1. The van der Waals surface area contributed by atoms with Gasteiger partial charge in [-0.05, 0) is 41.5 Å². The quantitative estimate of drug-likeness (QED) is 0.885. The molecule has 6 nitrogen and oxygen atoms in total. The number of hydrogen-bond donors (Lipinski definition) is 1. The summed E-state index contributed by atoms with van der Waals surface area (Å²) in [5.74, 6) is -1.09. The molecule has 7 heteroatoms. The lowest BCUT2D eigenvalue weighted by Crippen LogP contribution is -2.16. The molecule has 1 N–H and O–H groups in total. The summed E-state index contributed by atoms with van der Waals surface area (Å²) in [5.41, 5.74) is 1.07. The van der Waals surface area contributed by atoms with E-state index in [4.69, 9.17) is 5.11 Å². The van der Waals surface area contributed by atoms with Crippen LogP contribution in [-0.2, 0) is 4.79 Å². The molecule has 0 spiro atoms. The van der Waals surface area contributed by atoms with Crippen molar-refractivity contribution in [1.29, 1.82) is 0 Å². The van der Waals surface area contributed by atoms with Crippen LogP contribution < -0.4 is 0 Å². The van der Waals surface area contributed by atoms with Gasteiger partial charge >= 0.3 is 5.97 Å². The third-order valence-electron chi connectivity index (χ3n) is 3.24. The van der Waals surface area contributed by atoms with Gasteiger partial charge in [0.25, 0.3) is 0 Å². The van der Waals surface area contributed by atoms with E-state index < -0.39 is 17.8 Å². The SMILES string of the molecule is CCCC(CC(=O)O)n1nnnc1-c1ccc(C)cc1F. The van der Waals surface area contributed by atoms with Crippen molar-refractivity contribution in [3.8, 4) is 11.4 Å². The van der Waals surface area contributed by atoms with Crippen LogP contribution in [0.25, 0.3) is 11.4 Å². The van der Waals surface area contributed by atoms with Gasteiger partial charge in [0.15, 0.2) is 5.82 Å². The number of tetrazole rings is 1. The Bertz CT molecular complexity index is 642. The summed E-state index contributed by atoms with van der Waals surface area (Å²) in [6, 6.07) is 4.39. The summed E-state index contributed by atoms with van der Waals surface area (Å²) in [6.07, 6.45) is 1.30. The highest BCUT2D eigenvalue weighted by atomic mass is 19.1. The van der Waals surface area contributed by atoms with Crippen molar-refractivity contribution in [2.75, 3.05) is 0 Å². The van der Waals surface area contributed by atoms with E-state index >= 15 is 0 Å². The first kappa shape index (κ1) is 15.1. The van der Waals surface area contributed by atoms with E-state index in [1.54, 1.807) is 19.1 Å². The summed E-state index contributed by atoms with van der Waals surface area (Å²) >= 11 is 0. The Balaban J connectivity index is 2.42. The van der Waals surface area contributed by atoms with E-state index in [2.05, 4.69) is 15.5 Å². The fourth-order valence-electron chi connectivity index (χ4n) is 2.26. The van der Waals surface area contributed by atoms with Crippen LogP contribution in [0, 0.1) is 12.7 Å². The molecule has 112 valence electrons. The molecule has 0 aliphatic carbocycles. The molecule has 1 unspecified atom stereocenters. The van der Waals surface area contributed by atoms with Crippen LogP contribution in [0.3, 0.4) is 0 Å². The predicted molar refractivity (Wildman–Crippen MR) is 74.1 cm³/mol. The Morgan fingerprint density at radius 2 is 2.24 bits per heavy atom. The third kappa shape index (κ3) is 3.42. The maximum atomic E-state index is 14.1. The van der Waals surface area contributed by atoms with Crippen molar-refractivity contribution in [2.24, 2.45) is 0 Å². The van der Waals surface area contributed by atoms with E-state index in [1.807, 2.05) is 6.92 Å². The molecule has 21 heavy (non-hydrogen) atoms. The summed E-state index contributed by atoms with van der Waals surface area (Å²) in [4.78, 5) is 11.0. The number of benzene rings is 1. The molecule has 0 aliphatic rings. The second-order valence-corrected chi connectivity index (χ2v) is 4.97. The van der Waals surface area contributed by atoms with Gasteiger partial charge in [-0.2, -0.15) is 0 Å². The Kier molecular flexibility index (Phi) is 4.62. The predicted octanol–water partition coefficient (Wildman–Crippen LogP) is 2.60. The second-order valence-electron chi connectivity index (χ2n) is 4.97. The van der Waals surface area contributed by atoms with Crippen molar-refractivity contribution in [3.63, 3.8) is 0 Å². The lowest BCUT2D eigenvalue weighted by Gasteiger charge is -2.15. The van der Waals surface area contributed by atoms with Gasteiger partial charge in [-0.3, -0.25) is 4.79 Å².